The third kappa shape index (κ3) is 3.61. The fourth-order valence-electron chi connectivity index (χ4n) is 2.72. The highest BCUT2D eigenvalue weighted by molar-refractivity contribution is 7.13. The summed E-state index contributed by atoms with van der Waals surface area (Å²) in [5, 5.41) is 1.52. The molecule has 130 valence electrons. The zero-order valence-corrected chi connectivity index (χ0v) is 14.2. The van der Waals surface area contributed by atoms with Crippen molar-refractivity contribution in [2.75, 3.05) is 29.9 Å². The van der Waals surface area contributed by atoms with E-state index in [1.54, 1.807) is 12.4 Å². The molecule has 24 heavy (non-hydrogen) atoms. The smallest absolute Gasteiger partial charge is 0.348 e. The molecule has 5 nitrogen and oxygen atoms in total. The van der Waals surface area contributed by atoms with Crippen LogP contribution in [0.1, 0.15) is 24.1 Å². The van der Waals surface area contributed by atoms with Crippen molar-refractivity contribution in [3.05, 3.63) is 29.0 Å². The van der Waals surface area contributed by atoms with Gasteiger partial charge in [-0.3, -0.25) is 0 Å². The minimum absolute atomic E-state index is 0.269. The van der Waals surface area contributed by atoms with Crippen molar-refractivity contribution in [1.82, 2.24) is 15.0 Å². The van der Waals surface area contributed by atoms with Gasteiger partial charge >= 0.3 is 6.18 Å². The molecule has 1 aliphatic rings. The van der Waals surface area contributed by atoms with Crippen molar-refractivity contribution in [3.63, 3.8) is 0 Å². The van der Waals surface area contributed by atoms with Crippen LogP contribution in [-0.2, 0) is 6.18 Å². The zero-order valence-electron chi connectivity index (χ0n) is 13.4. The van der Waals surface area contributed by atoms with E-state index in [2.05, 4.69) is 15.0 Å². The molecule has 0 aromatic carbocycles. The Kier molecular flexibility index (Phi) is 4.62. The Hall–Kier alpha value is -1.90. The first-order valence-electron chi connectivity index (χ1n) is 7.64. The monoisotopic (exact) mass is 357 g/mol. The van der Waals surface area contributed by atoms with Gasteiger partial charge in [-0.25, -0.2) is 15.0 Å². The SMILES string of the molecule is Cc1cnc(N(C)C2CCN(c3nc(C(F)(F)F)cs3)CC2)nc1. The Labute approximate surface area is 142 Å². The predicted octanol–water partition coefficient (Wildman–Crippen LogP) is 3.37. The maximum absolute atomic E-state index is 12.7. The van der Waals surface area contributed by atoms with Crippen molar-refractivity contribution in [3.8, 4) is 0 Å². The fraction of sp³-hybridized carbons (Fsp3) is 0.533. The number of halogens is 3. The van der Waals surface area contributed by atoms with E-state index in [1.165, 1.54) is 0 Å². The molecule has 0 N–H and O–H groups in total. The third-order valence-corrected chi connectivity index (χ3v) is 5.05. The largest absolute Gasteiger partial charge is 0.434 e. The Morgan fingerprint density at radius 2 is 1.83 bits per heavy atom. The highest BCUT2D eigenvalue weighted by Gasteiger charge is 2.35. The summed E-state index contributed by atoms with van der Waals surface area (Å²) in [7, 11) is 1.95. The summed E-state index contributed by atoms with van der Waals surface area (Å²) in [6, 6.07) is 0.269. The number of hydrogen-bond donors (Lipinski definition) is 0. The van der Waals surface area contributed by atoms with Crippen molar-refractivity contribution in [2.24, 2.45) is 0 Å². The molecule has 0 unspecified atom stereocenters. The first-order valence-corrected chi connectivity index (χ1v) is 8.51. The molecule has 1 fully saturated rings. The van der Waals surface area contributed by atoms with Gasteiger partial charge < -0.3 is 9.80 Å². The van der Waals surface area contributed by atoms with Gasteiger partial charge in [-0.05, 0) is 25.3 Å². The van der Waals surface area contributed by atoms with Gasteiger partial charge in [0.1, 0.15) is 0 Å². The van der Waals surface area contributed by atoms with E-state index in [9.17, 15) is 13.2 Å². The Morgan fingerprint density at radius 1 is 1.21 bits per heavy atom. The van der Waals surface area contributed by atoms with Crippen LogP contribution in [-0.4, -0.2) is 41.1 Å². The van der Waals surface area contributed by atoms with E-state index in [1.807, 2.05) is 23.8 Å². The summed E-state index contributed by atoms with van der Waals surface area (Å²) < 4.78 is 38.0. The Morgan fingerprint density at radius 3 is 2.38 bits per heavy atom. The summed E-state index contributed by atoms with van der Waals surface area (Å²) in [4.78, 5) is 16.3. The number of alkyl halides is 3. The molecular formula is C15H18F3N5S. The van der Waals surface area contributed by atoms with Gasteiger partial charge in [0.05, 0.1) is 0 Å². The minimum atomic E-state index is -4.38. The molecular weight excluding hydrogens is 339 g/mol. The maximum Gasteiger partial charge on any atom is 0.434 e. The van der Waals surface area contributed by atoms with Crippen LogP contribution in [0.5, 0.6) is 0 Å². The zero-order chi connectivity index (χ0) is 17.3. The fourth-order valence-corrected chi connectivity index (χ4v) is 3.60. The van der Waals surface area contributed by atoms with Crippen molar-refractivity contribution in [1.29, 1.82) is 0 Å². The molecule has 2 aromatic rings. The van der Waals surface area contributed by atoms with Gasteiger partial charge in [-0.1, -0.05) is 0 Å². The van der Waals surface area contributed by atoms with E-state index in [0.717, 1.165) is 35.1 Å². The average Bonchev–Trinajstić information content (AvgIpc) is 3.05. The highest BCUT2D eigenvalue weighted by Crippen LogP contribution is 2.34. The first-order chi connectivity index (χ1) is 11.3. The van der Waals surface area contributed by atoms with Crippen molar-refractivity contribution in [2.45, 2.75) is 32.0 Å². The molecule has 9 heteroatoms. The maximum atomic E-state index is 12.7. The van der Waals surface area contributed by atoms with Gasteiger partial charge in [0.15, 0.2) is 10.8 Å². The van der Waals surface area contributed by atoms with Crippen LogP contribution in [0, 0.1) is 6.92 Å². The van der Waals surface area contributed by atoms with E-state index < -0.39 is 11.9 Å². The van der Waals surface area contributed by atoms with E-state index in [0.29, 0.717) is 24.2 Å². The van der Waals surface area contributed by atoms with Crippen molar-refractivity contribution < 1.29 is 13.2 Å². The lowest BCUT2D eigenvalue weighted by atomic mass is 10.0. The molecule has 3 heterocycles. The average molecular weight is 357 g/mol. The van der Waals surface area contributed by atoms with Gasteiger partial charge in [0.2, 0.25) is 5.95 Å². The number of thiazole rings is 1. The number of piperidine rings is 1. The molecule has 3 rings (SSSR count). The predicted molar refractivity (Wildman–Crippen MR) is 87.5 cm³/mol. The third-order valence-electron chi connectivity index (χ3n) is 4.15. The molecule has 1 saturated heterocycles. The van der Waals surface area contributed by atoms with Gasteiger partial charge in [0.25, 0.3) is 0 Å². The first kappa shape index (κ1) is 16.9. The number of nitrogens with zero attached hydrogens (tertiary/aromatic N) is 5. The van der Waals surface area contributed by atoms with Crippen molar-refractivity contribution >= 4 is 22.4 Å². The van der Waals surface area contributed by atoms with Gasteiger partial charge in [-0.15, -0.1) is 11.3 Å². The van der Waals surface area contributed by atoms with Crippen LogP contribution in [0.4, 0.5) is 24.3 Å². The molecule has 0 atom stereocenters. The second-order valence-electron chi connectivity index (χ2n) is 5.90. The number of hydrogen-bond acceptors (Lipinski definition) is 6. The number of aryl methyl sites for hydroxylation is 1. The lowest BCUT2D eigenvalue weighted by Gasteiger charge is -2.36. The second-order valence-corrected chi connectivity index (χ2v) is 6.74. The lowest BCUT2D eigenvalue weighted by Crippen LogP contribution is -2.44. The summed E-state index contributed by atoms with van der Waals surface area (Å²) in [6.45, 7) is 3.28. The normalized spacial score (nSPS) is 16.5. The van der Waals surface area contributed by atoms with Crippen LogP contribution in [0.25, 0.3) is 0 Å². The standard InChI is InChI=1S/C15H18F3N5S/c1-10-7-19-13(20-8-10)22(2)11-3-5-23(6-4-11)14-21-12(9-24-14)15(16,17)18/h7-9,11H,3-6H2,1-2H3. The summed E-state index contributed by atoms with van der Waals surface area (Å²) in [6.07, 6.45) is 0.837. The Balaban J connectivity index is 1.61. The number of aromatic nitrogens is 3. The molecule has 0 saturated carbocycles. The van der Waals surface area contributed by atoms with Crippen LogP contribution in [0.2, 0.25) is 0 Å². The molecule has 0 amide bonds. The van der Waals surface area contributed by atoms with Crippen LogP contribution in [0.15, 0.2) is 17.8 Å². The molecule has 0 spiro atoms. The summed E-state index contributed by atoms with van der Waals surface area (Å²) in [5.41, 5.74) is 0.195. The topological polar surface area (TPSA) is 45.2 Å². The summed E-state index contributed by atoms with van der Waals surface area (Å²) >= 11 is 1.05. The Bertz CT molecular complexity index is 677. The number of anilines is 2. The molecule has 0 radical (unpaired) electrons. The molecule has 0 bridgehead atoms. The van der Waals surface area contributed by atoms with Crippen LogP contribution >= 0.6 is 11.3 Å². The molecule has 1 aliphatic heterocycles. The molecule has 2 aromatic heterocycles. The lowest BCUT2D eigenvalue weighted by molar-refractivity contribution is -0.140. The van der Waals surface area contributed by atoms with E-state index in [-0.39, 0.29) is 6.04 Å². The quantitative estimate of drug-likeness (QED) is 0.843. The van der Waals surface area contributed by atoms with Crippen LogP contribution in [0.3, 0.4) is 0 Å². The van der Waals surface area contributed by atoms with Gasteiger partial charge in [-0.2, -0.15) is 13.2 Å². The second kappa shape index (κ2) is 6.54. The number of rotatable bonds is 3. The van der Waals surface area contributed by atoms with Crippen LogP contribution < -0.4 is 9.80 Å². The highest BCUT2D eigenvalue weighted by atomic mass is 32.1. The summed E-state index contributed by atoms with van der Waals surface area (Å²) in [5.74, 6) is 0.674. The molecule has 0 aliphatic carbocycles. The van der Waals surface area contributed by atoms with E-state index >= 15 is 0 Å². The van der Waals surface area contributed by atoms with Gasteiger partial charge in [0, 0.05) is 44.0 Å². The minimum Gasteiger partial charge on any atom is -0.348 e. The van der Waals surface area contributed by atoms with E-state index in [4.69, 9.17) is 0 Å².